The minimum Gasteiger partial charge on any atom is -0.458 e. The Hall–Kier alpha value is -3.59. The lowest BCUT2D eigenvalue weighted by atomic mass is 9.83. The third kappa shape index (κ3) is 8.90. The third-order valence-corrected chi connectivity index (χ3v) is 6.88. The second kappa shape index (κ2) is 15.6. The van der Waals surface area contributed by atoms with E-state index in [-0.39, 0.29) is 16.7 Å². The number of hydrogen-bond acceptors (Lipinski definition) is 5. The lowest BCUT2D eigenvalue weighted by Gasteiger charge is -2.44. The molecule has 0 aromatic heterocycles. The fourth-order valence-corrected chi connectivity index (χ4v) is 3.79. The molecule has 2 unspecified atom stereocenters. The Balaban J connectivity index is 3.62. The van der Waals surface area contributed by atoms with Crippen LogP contribution in [-0.4, -0.2) is 85.5 Å². The van der Waals surface area contributed by atoms with E-state index in [2.05, 4.69) is 17.9 Å². The summed E-state index contributed by atoms with van der Waals surface area (Å²) in [5.41, 5.74) is -0.581. The maximum Gasteiger partial charge on any atom is 0.460 e. The number of hydrogen-bond donors (Lipinski definition) is 0. The fourth-order valence-electron chi connectivity index (χ4n) is 3.79. The number of rotatable bonds is 19. The van der Waals surface area contributed by atoms with E-state index in [1.54, 1.807) is 0 Å². The van der Waals surface area contributed by atoms with Gasteiger partial charge in [0.15, 0.2) is 6.10 Å². The number of ether oxygens (including phenoxy) is 3. The first kappa shape index (κ1) is 45.4. The molecular weight excluding hydrogens is 751 g/mol. The largest absolute Gasteiger partial charge is 0.460 e. The summed E-state index contributed by atoms with van der Waals surface area (Å²) in [6.07, 6.45) is -12.0. The number of alkyl halides is 17. The van der Waals surface area contributed by atoms with Crippen LogP contribution in [0.5, 0.6) is 0 Å². The third-order valence-electron chi connectivity index (χ3n) is 6.88. The monoisotopic (exact) mass is 778 g/mol. The quantitative estimate of drug-likeness (QED) is 0.0799. The molecule has 292 valence electrons. The van der Waals surface area contributed by atoms with Crippen molar-refractivity contribution >= 4 is 11.9 Å². The highest BCUT2D eigenvalue weighted by molar-refractivity contribution is 5.87. The lowest BCUT2D eigenvalue weighted by Crippen LogP contribution is -2.75. The maximum absolute atomic E-state index is 15.3. The molecule has 0 aliphatic heterocycles. The van der Waals surface area contributed by atoms with Gasteiger partial charge in [0.2, 0.25) is 0 Å². The molecule has 1 rings (SSSR count). The number of aryl methyl sites for hydroxylation is 1. The predicted octanol–water partition coefficient (Wildman–Crippen LogP) is 8.87. The zero-order valence-electron chi connectivity index (χ0n) is 26.0. The molecular formula is C29H27F17O5. The number of carbonyl (C=O) groups excluding carboxylic acids is 2. The van der Waals surface area contributed by atoms with Crippen LogP contribution < -0.4 is 0 Å². The van der Waals surface area contributed by atoms with Crippen molar-refractivity contribution in [3.05, 3.63) is 60.2 Å². The second-order valence-electron chi connectivity index (χ2n) is 11.0. The van der Waals surface area contributed by atoms with Crippen LogP contribution in [0.2, 0.25) is 0 Å². The number of benzene rings is 1. The van der Waals surface area contributed by atoms with Gasteiger partial charge >= 0.3 is 59.6 Å². The van der Waals surface area contributed by atoms with E-state index in [1.807, 2.05) is 0 Å². The van der Waals surface area contributed by atoms with Crippen LogP contribution in [0.3, 0.4) is 0 Å². The van der Waals surface area contributed by atoms with Gasteiger partial charge in [0, 0.05) is 11.1 Å². The predicted molar refractivity (Wildman–Crippen MR) is 140 cm³/mol. The molecule has 0 spiro atoms. The summed E-state index contributed by atoms with van der Waals surface area (Å²) in [4.78, 5) is 23.6. The Morgan fingerprint density at radius 3 is 1.47 bits per heavy atom. The van der Waals surface area contributed by atoms with Crippen LogP contribution in [0.4, 0.5) is 74.6 Å². The maximum atomic E-state index is 15.3. The Bertz CT molecular complexity index is 1390. The van der Waals surface area contributed by atoms with Crippen molar-refractivity contribution in [2.24, 2.45) is 5.92 Å². The van der Waals surface area contributed by atoms with Crippen LogP contribution in [0.15, 0.2) is 54.6 Å². The van der Waals surface area contributed by atoms with Gasteiger partial charge in [-0.3, -0.25) is 0 Å². The van der Waals surface area contributed by atoms with E-state index >= 15 is 8.78 Å². The van der Waals surface area contributed by atoms with E-state index < -0.39 is 104 Å². The summed E-state index contributed by atoms with van der Waals surface area (Å²) in [5.74, 6) is -63.4. The summed E-state index contributed by atoms with van der Waals surface area (Å²) in [7, 11) is 0. The van der Waals surface area contributed by atoms with E-state index in [9.17, 15) is 75.4 Å². The van der Waals surface area contributed by atoms with Crippen molar-refractivity contribution in [1.29, 1.82) is 0 Å². The molecule has 0 saturated heterocycles. The summed E-state index contributed by atoms with van der Waals surface area (Å²) < 4.78 is 251. The molecule has 22 heteroatoms. The van der Waals surface area contributed by atoms with Crippen molar-refractivity contribution in [3.8, 4) is 0 Å². The SMILES string of the molecule is C=C(C)C(=O)OCC(COCC(CCc1ccccc1)C(F)(F)C(F)(F)C(F)(F)C(F)(F)C(F)(F)C(F)(F)C(F)(F)C(F)(F)F)OC(=O)C(=C)C. The van der Waals surface area contributed by atoms with Gasteiger partial charge in [0.25, 0.3) is 0 Å². The van der Waals surface area contributed by atoms with E-state index in [0.717, 1.165) is 26.0 Å². The second-order valence-corrected chi connectivity index (χ2v) is 11.0. The molecule has 0 amide bonds. The average Bonchev–Trinajstić information content (AvgIpc) is 2.99. The molecule has 0 N–H and O–H groups in total. The Kier molecular flexibility index (Phi) is 13.9. The lowest BCUT2D eigenvalue weighted by molar-refractivity contribution is -0.463. The zero-order valence-corrected chi connectivity index (χ0v) is 26.0. The van der Waals surface area contributed by atoms with Crippen molar-refractivity contribution in [1.82, 2.24) is 0 Å². The summed E-state index contributed by atoms with van der Waals surface area (Å²) >= 11 is 0. The Morgan fingerprint density at radius 1 is 0.608 bits per heavy atom. The van der Waals surface area contributed by atoms with Crippen molar-refractivity contribution in [2.75, 3.05) is 19.8 Å². The van der Waals surface area contributed by atoms with Gasteiger partial charge in [-0.25, -0.2) is 9.59 Å². The molecule has 51 heavy (non-hydrogen) atoms. The number of halogens is 17. The molecule has 0 bridgehead atoms. The molecule has 0 aliphatic carbocycles. The van der Waals surface area contributed by atoms with Crippen LogP contribution in [-0.2, 0) is 30.2 Å². The highest BCUT2D eigenvalue weighted by Crippen LogP contribution is 2.64. The average molecular weight is 778 g/mol. The number of carbonyl (C=O) groups is 2. The van der Waals surface area contributed by atoms with Gasteiger partial charge in [-0.1, -0.05) is 43.5 Å². The van der Waals surface area contributed by atoms with Crippen molar-refractivity contribution < 1.29 is 98.4 Å². The molecule has 5 nitrogen and oxygen atoms in total. The van der Waals surface area contributed by atoms with Crippen molar-refractivity contribution in [3.63, 3.8) is 0 Å². The van der Waals surface area contributed by atoms with Gasteiger partial charge in [-0.05, 0) is 32.3 Å². The van der Waals surface area contributed by atoms with E-state index in [1.165, 1.54) is 18.2 Å². The minimum atomic E-state index is -8.76. The standard InChI is InChI=1S/C29H27F17O5/c1-15(2)20(47)50-14-19(51-21(48)16(3)4)13-49-12-18(11-10-17-8-6-5-7-9-17)22(30,31)23(32,33)24(34,35)25(36,37)26(38,39)27(40,41)28(42,43)29(44,45)46/h5-9,18-19H,1,3,10-14H2,2,4H3. The van der Waals surface area contributed by atoms with Gasteiger partial charge in [-0.15, -0.1) is 0 Å². The molecule has 0 radical (unpaired) electrons. The first-order chi connectivity index (χ1) is 22.8. The summed E-state index contributed by atoms with van der Waals surface area (Å²) in [6.45, 7) is 4.50. The van der Waals surface area contributed by atoms with Gasteiger partial charge < -0.3 is 14.2 Å². The molecule has 0 saturated carbocycles. The van der Waals surface area contributed by atoms with Crippen LogP contribution in [0.1, 0.15) is 25.8 Å². The van der Waals surface area contributed by atoms with Crippen molar-refractivity contribution in [2.45, 2.75) is 80.4 Å². The summed E-state index contributed by atoms with van der Waals surface area (Å²) in [6, 6.07) is 6.12. The Morgan fingerprint density at radius 2 is 1.04 bits per heavy atom. The normalized spacial score (nSPS) is 15.2. The zero-order chi connectivity index (χ0) is 40.2. The highest BCUT2D eigenvalue weighted by atomic mass is 19.4. The summed E-state index contributed by atoms with van der Waals surface area (Å²) in [5, 5.41) is 0. The minimum absolute atomic E-state index is 0.0285. The van der Waals surface area contributed by atoms with E-state index in [4.69, 9.17) is 9.47 Å². The highest BCUT2D eigenvalue weighted by Gasteiger charge is 2.95. The first-order valence-electron chi connectivity index (χ1n) is 13.8. The van der Waals surface area contributed by atoms with Gasteiger partial charge in [0.1, 0.15) is 6.61 Å². The first-order valence-corrected chi connectivity index (χ1v) is 13.8. The van der Waals surface area contributed by atoms with Crippen LogP contribution >= 0.6 is 0 Å². The topological polar surface area (TPSA) is 61.8 Å². The van der Waals surface area contributed by atoms with Gasteiger partial charge in [0.05, 0.1) is 19.1 Å². The van der Waals surface area contributed by atoms with Crippen LogP contribution in [0.25, 0.3) is 0 Å². The van der Waals surface area contributed by atoms with E-state index in [0.29, 0.717) is 0 Å². The Labute approximate surface area is 277 Å². The molecule has 1 aromatic rings. The molecule has 0 heterocycles. The number of esters is 2. The smallest absolute Gasteiger partial charge is 0.458 e. The van der Waals surface area contributed by atoms with Crippen LogP contribution in [0, 0.1) is 5.92 Å². The molecule has 1 aromatic carbocycles. The molecule has 2 atom stereocenters. The van der Waals surface area contributed by atoms with Gasteiger partial charge in [-0.2, -0.15) is 74.6 Å². The fraction of sp³-hybridized carbons (Fsp3) is 0.586. The molecule has 0 fully saturated rings. The molecule has 0 aliphatic rings.